The van der Waals surface area contributed by atoms with Gasteiger partial charge in [-0.15, -0.1) is 0 Å². The van der Waals surface area contributed by atoms with E-state index in [1.807, 2.05) is 17.0 Å². The standard InChI is InChI=1S/C15H19NO2/c1-10-5-6-16(15(17)12-8-11(12)2)9-13(10)14-4-3-7-18-14/h3-4,7,11-12H,5-6,8-9H2,1-2H3. The van der Waals surface area contributed by atoms with Crippen LogP contribution in [0.3, 0.4) is 0 Å². The van der Waals surface area contributed by atoms with Crippen molar-refractivity contribution < 1.29 is 9.21 Å². The van der Waals surface area contributed by atoms with E-state index in [4.69, 9.17) is 4.42 Å². The van der Waals surface area contributed by atoms with Gasteiger partial charge in [-0.2, -0.15) is 0 Å². The molecule has 2 unspecified atom stereocenters. The Morgan fingerprint density at radius 3 is 2.89 bits per heavy atom. The molecule has 3 rings (SSSR count). The predicted molar refractivity (Wildman–Crippen MR) is 69.8 cm³/mol. The molecule has 2 atom stereocenters. The van der Waals surface area contributed by atoms with Crippen molar-refractivity contribution in [1.82, 2.24) is 4.90 Å². The van der Waals surface area contributed by atoms with E-state index in [0.717, 1.165) is 25.1 Å². The second-order valence-electron chi connectivity index (χ2n) is 5.57. The molecule has 3 nitrogen and oxygen atoms in total. The van der Waals surface area contributed by atoms with Gasteiger partial charge in [0.15, 0.2) is 0 Å². The van der Waals surface area contributed by atoms with Crippen molar-refractivity contribution in [3.63, 3.8) is 0 Å². The van der Waals surface area contributed by atoms with Crippen LogP contribution in [0.4, 0.5) is 0 Å². The van der Waals surface area contributed by atoms with Crippen LogP contribution in [0.2, 0.25) is 0 Å². The Hall–Kier alpha value is -1.51. The summed E-state index contributed by atoms with van der Waals surface area (Å²) in [6.45, 7) is 5.86. The molecule has 0 radical (unpaired) electrons. The number of carbonyl (C=O) groups excluding carboxylic acids is 1. The van der Waals surface area contributed by atoms with Crippen LogP contribution >= 0.6 is 0 Å². The molecule has 0 spiro atoms. The molecule has 2 heterocycles. The van der Waals surface area contributed by atoms with Crippen LogP contribution in [-0.4, -0.2) is 23.9 Å². The van der Waals surface area contributed by atoms with Crippen LogP contribution in [-0.2, 0) is 4.79 Å². The quantitative estimate of drug-likeness (QED) is 0.802. The fraction of sp³-hybridized carbons (Fsp3) is 0.533. The summed E-state index contributed by atoms with van der Waals surface area (Å²) in [6.07, 6.45) is 3.72. The smallest absolute Gasteiger partial charge is 0.226 e. The average Bonchev–Trinajstić information content (AvgIpc) is 2.89. The summed E-state index contributed by atoms with van der Waals surface area (Å²) in [5, 5.41) is 0. The summed E-state index contributed by atoms with van der Waals surface area (Å²) in [4.78, 5) is 14.3. The Kier molecular flexibility index (Phi) is 2.77. The van der Waals surface area contributed by atoms with E-state index in [0.29, 0.717) is 18.4 Å². The monoisotopic (exact) mass is 245 g/mol. The van der Waals surface area contributed by atoms with Crippen molar-refractivity contribution in [1.29, 1.82) is 0 Å². The Labute approximate surface area is 107 Å². The molecule has 1 aliphatic carbocycles. The lowest BCUT2D eigenvalue weighted by Gasteiger charge is -2.29. The largest absolute Gasteiger partial charge is 0.465 e. The molecule has 1 aromatic rings. The molecule has 0 bridgehead atoms. The highest BCUT2D eigenvalue weighted by molar-refractivity contribution is 5.84. The fourth-order valence-corrected chi connectivity index (χ4v) is 2.69. The average molecular weight is 245 g/mol. The zero-order valence-corrected chi connectivity index (χ0v) is 11.0. The van der Waals surface area contributed by atoms with Gasteiger partial charge in [-0.1, -0.05) is 12.5 Å². The molecule has 0 saturated heterocycles. The zero-order valence-electron chi connectivity index (χ0n) is 11.0. The van der Waals surface area contributed by atoms with Crippen molar-refractivity contribution >= 4 is 11.5 Å². The van der Waals surface area contributed by atoms with E-state index in [-0.39, 0.29) is 5.92 Å². The minimum absolute atomic E-state index is 0.279. The van der Waals surface area contributed by atoms with Gasteiger partial charge >= 0.3 is 0 Å². The SMILES string of the molecule is CC1=C(c2ccco2)CN(C(=O)C2CC2C)CC1. The van der Waals surface area contributed by atoms with E-state index in [1.54, 1.807) is 6.26 Å². The van der Waals surface area contributed by atoms with Crippen LogP contribution in [0, 0.1) is 11.8 Å². The van der Waals surface area contributed by atoms with Crippen LogP contribution in [0.5, 0.6) is 0 Å². The molecule has 96 valence electrons. The van der Waals surface area contributed by atoms with Gasteiger partial charge in [-0.05, 0) is 37.8 Å². The third-order valence-electron chi connectivity index (χ3n) is 4.18. The number of furan rings is 1. The van der Waals surface area contributed by atoms with Crippen molar-refractivity contribution in [3.05, 3.63) is 29.7 Å². The van der Waals surface area contributed by atoms with Gasteiger partial charge in [0.25, 0.3) is 0 Å². The first-order valence-electron chi connectivity index (χ1n) is 6.68. The number of carbonyl (C=O) groups is 1. The summed E-state index contributed by atoms with van der Waals surface area (Å²) >= 11 is 0. The topological polar surface area (TPSA) is 33.5 Å². The molecule has 2 aliphatic rings. The third-order valence-corrected chi connectivity index (χ3v) is 4.18. The van der Waals surface area contributed by atoms with Crippen molar-refractivity contribution in [3.8, 4) is 0 Å². The van der Waals surface area contributed by atoms with Crippen molar-refractivity contribution in [2.75, 3.05) is 13.1 Å². The van der Waals surface area contributed by atoms with Gasteiger partial charge in [0.05, 0.1) is 6.26 Å². The van der Waals surface area contributed by atoms with Gasteiger partial charge in [0.2, 0.25) is 5.91 Å². The van der Waals surface area contributed by atoms with Crippen LogP contribution in [0.25, 0.3) is 5.57 Å². The minimum Gasteiger partial charge on any atom is -0.465 e. The molecule has 0 aromatic carbocycles. The number of hydrogen-bond acceptors (Lipinski definition) is 2. The minimum atomic E-state index is 0.279. The highest BCUT2D eigenvalue weighted by Gasteiger charge is 2.42. The van der Waals surface area contributed by atoms with E-state index in [2.05, 4.69) is 13.8 Å². The molecule has 1 aliphatic heterocycles. The maximum atomic E-state index is 12.3. The molecule has 3 heteroatoms. The van der Waals surface area contributed by atoms with Crippen molar-refractivity contribution in [2.45, 2.75) is 26.7 Å². The van der Waals surface area contributed by atoms with Crippen LogP contribution in [0.15, 0.2) is 28.4 Å². The van der Waals surface area contributed by atoms with Crippen LogP contribution < -0.4 is 0 Å². The maximum absolute atomic E-state index is 12.3. The summed E-state index contributed by atoms with van der Waals surface area (Å²) in [7, 11) is 0. The predicted octanol–water partition coefficient (Wildman–Crippen LogP) is 2.94. The molecular weight excluding hydrogens is 226 g/mol. The first-order valence-corrected chi connectivity index (χ1v) is 6.68. The van der Waals surface area contributed by atoms with Gasteiger partial charge in [-0.3, -0.25) is 4.79 Å². The van der Waals surface area contributed by atoms with E-state index >= 15 is 0 Å². The molecule has 18 heavy (non-hydrogen) atoms. The molecule has 1 aromatic heterocycles. The van der Waals surface area contributed by atoms with Gasteiger partial charge < -0.3 is 9.32 Å². The molecular formula is C15H19NO2. The molecule has 1 saturated carbocycles. The fourth-order valence-electron chi connectivity index (χ4n) is 2.69. The van der Waals surface area contributed by atoms with Gasteiger partial charge in [0.1, 0.15) is 5.76 Å². The van der Waals surface area contributed by atoms with E-state index in [1.165, 1.54) is 11.1 Å². The lowest BCUT2D eigenvalue weighted by Crippen LogP contribution is -2.37. The summed E-state index contributed by atoms with van der Waals surface area (Å²) in [5.74, 6) is 2.10. The zero-order chi connectivity index (χ0) is 12.7. The summed E-state index contributed by atoms with van der Waals surface area (Å²) < 4.78 is 5.47. The Balaban J connectivity index is 1.77. The first kappa shape index (κ1) is 11.6. The normalized spacial score (nSPS) is 27.6. The van der Waals surface area contributed by atoms with E-state index < -0.39 is 0 Å². The van der Waals surface area contributed by atoms with Crippen molar-refractivity contribution in [2.24, 2.45) is 11.8 Å². The summed E-state index contributed by atoms with van der Waals surface area (Å²) in [5.41, 5.74) is 2.53. The molecule has 1 fully saturated rings. The van der Waals surface area contributed by atoms with Gasteiger partial charge in [-0.25, -0.2) is 0 Å². The summed E-state index contributed by atoms with van der Waals surface area (Å²) in [6, 6.07) is 3.88. The first-order chi connectivity index (χ1) is 8.66. The third kappa shape index (κ3) is 1.98. The lowest BCUT2D eigenvalue weighted by molar-refractivity contribution is -0.132. The lowest BCUT2D eigenvalue weighted by atomic mass is 9.99. The van der Waals surface area contributed by atoms with Gasteiger partial charge in [0, 0.05) is 24.6 Å². The highest BCUT2D eigenvalue weighted by Crippen LogP contribution is 2.40. The highest BCUT2D eigenvalue weighted by atomic mass is 16.3. The van der Waals surface area contributed by atoms with E-state index in [9.17, 15) is 4.79 Å². The molecule has 1 amide bonds. The Morgan fingerprint density at radius 1 is 1.50 bits per heavy atom. The Bertz CT molecular complexity index is 487. The Morgan fingerprint density at radius 2 is 2.28 bits per heavy atom. The number of amides is 1. The van der Waals surface area contributed by atoms with Crippen LogP contribution in [0.1, 0.15) is 32.4 Å². The number of nitrogens with zero attached hydrogens (tertiary/aromatic N) is 1. The molecule has 0 N–H and O–H groups in total. The number of hydrogen-bond donors (Lipinski definition) is 0. The maximum Gasteiger partial charge on any atom is 0.226 e. The second-order valence-corrected chi connectivity index (χ2v) is 5.57. The number of rotatable bonds is 2. The second kappa shape index (κ2) is 4.30.